The van der Waals surface area contributed by atoms with Crippen LogP contribution >= 0.6 is 0 Å². The summed E-state index contributed by atoms with van der Waals surface area (Å²) in [5.41, 5.74) is 1.12. The number of amides is 1. The van der Waals surface area contributed by atoms with Gasteiger partial charge in [0, 0.05) is 6.20 Å². The number of esters is 1. The number of nitrogens with zero attached hydrogens (tertiary/aromatic N) is 4. The first-order chi connectivity index (χ1) is 14.4. The van der Waals surface area contributed by atoms with E-state index in [1.54, 1.807) is 19.2 Å². The maximum absolute atomic E-state index is 12.5. The van der Waals surface area contributed by atoms with Gasteiger partial charge in [-0.05, 0) is 18.6 Å². The average molecular weight is 416 g/mol. The lowest BCUT2D eigenvalue weighted by molar-refractivity contribution is -0.142. The summed E-state index contributed by atoms with van der Waals surface area (Å²) >= 11 is 0. The van der Waals surface area contributed by atoms with Crippen LogP contribution in [0.1, 0.15) is 18.2 Å². The van der Waals surface area contributed by atoms with Gasteiger partial charge in [0.05, 0.1) is 40.0 Å². The zero-order chi connectivity index (χ0) is 21.7. The number of aromatic amines is 1. The van der Waals surface area contributed by atoms with Crippen molar-refractivity contribution in [1.82, 2.24) is 24.7 Å². The number of pyridine rings is 1. The molecule has 0 saturated carbocycles. The molecule has 0 aliphatic rings. The molecule has 3 aromatic heterocycles. The molecule has 3 rings (SSSR count). The molecule has 3 aromatic rings. The Morgan fingerprint density at radius 1 is 1.27 bits per heavy atom. The number of fused-ring (bicyclic) bond motifs is 1. The van der Waals surface area contributed by atoms with Crippen molar-refractivity contribution in [1.29, 1.82) is 0 Å². The van der Waals surface area contributed by atoms with Gasteiger partial charge >= 0.3 is 12.1 Å². The zero-order valence-electron chi connectivity index (χ0n) is 16.6. The highest BCUT2D eigenvalue weighted by Gasteiger charge is 2.16. The number of nitrogens with one attached hydrogen (secondary N) is 2. The number of carbonyl (C=O) groups excluding carboxylic acids is 2. The number of H-pyrrole nitrogens is 1. The minimum absolute atomic E-state index is 0.0575. The van der Waals surface area contributed by atoms with Gasteiger partial charge in [-0.25, -0.2) is 9.78 Å². The highest BCUT2D eigenvalue weighted by molar-refractivity contribution is 5.84. The highest BCUT2D eigenvalue weighted by Crippen LogP contribution is 2.20. The molecule has 0 aromatic carbocycles. The van der Waals surface area contributed by atoms with Crippen molar-refractivity contribution < 1.29 is 23.8 Å². The third-order valence-electron chi connectivity index (χ3n) is 4.07. The van der Waals surface area contributed by atoms with Crippen LogP contribution in [0.4, 0.5) is 10.7 Å². The van der Waals surface area contributed by atoms with Gasteiger partial charge < -0.3 is 14.2 Å². The topological polar surface area (TPSA) is 150 Å². The fourth-order valence-corrected chi connectivity index (χ4v) is 2.76. The summed E-state index contributed by atoms with van der Waals surface area (Å²) in [4.78, 5) is 46.4. The van der Waals surface area contributed by atoms with Crippen molar-refractivity contribution in [2.45, 2.75) is 19.9 Å². The molecule has 30 heavy (non-hydrogen) atoms. The lowest BCUT2D eigenvalue weighted by atomic mass is 10.2. The largest absolute Gasteiger partial charge is 0.495 e. The second-order valence-corrected chi connectivity index (χ2v) is 6.04. The number of hydrogen-bond acceptors (Lipinski definition) is 9. The van der Waals surface area contributed by atoms with E-state index in [4.69, 9.17) is 9.47 Å². The normalized spacial score (nSPS) is 10.6. The Hall–Kier alpha value is -3.96. The quantitative estimate of drug-likeness (QED) is 0.534. The Kier molecular flexibility index (Phi) is 6.25. The van der Waals surface area contributed by atoms with Crippen LogP contribution in [0, 0.1) is 0 Å². The fourth-order valence-electron chi connectivity index (χ4n) is 2.76. The Labute approximate surface area is 170 Å². The van der Waals surface area contributed by atoms with E-state index in [2.05, 4.69) is 30.1 Å². The van der Waals surface area contributed by atoms with Crippen molar-refractivity contribution in [2.75, 3.05) is 26.1 Å². The SMILES string of the molecule is CCOC(=O)Cc1cnc(Cn2ncc3nc(NC(=O)OC)[nH]c(=O)c32)c(OC)c1. The van der Waals surface area contributed by atoms with Crippen LogP contribution in [-0.2, 0) is 27.2 Å². The maximum Gasteiger partial charge on any atom is 0.413 e. The van der Waals surface area contributed by atoms with Crippen LogP contribution in [0.25, 0.3) is 11.0 Å². The number of methoxy groups -OCH3 is 2. The van der Waals surface area contributed by atoms with E-state index in [9.17, 15) is 14.4 Å². The van der Waals surface area contributed by atoms with E-state index >= 15 is 0 Å². The Morgan fingerprint density at radius 2 is 2.07 bits per heavy atom. The molecule has 0 aliphatic carbocycles. The van der Waals surface area contributed by atoms with Gasteiger partial charge in [0.15, 0.2) is 5.52 Å². The van der Waals surface area contributed by atoms with Crippen LogP contribution in [-0.4, -0.2) is 57.6 Å². The molecule has 158 valence electrons. The molecule has 0 saturated heterocycles. The molecule has 3 heterocycles. The second-order valence-electron chi connectivity index (χ2n) is 6.04. The maximum atomic E-state index is 12.5. The second kappa shape index (κ2) is 9.03. The first-order valence-electron chi connectivity index (χ1n) is 8.93. The number of hydrogen-bond donors (Lipinski definition) is 2. The zero-order valence-corrected chi connectivity index (χ0v) is 16.6. The van der Waals surface area contributed by atoms with Crippen molar-refractivity contribution >= 4 is 29.0 Å². The summed E-state index contributed by atoms with van der Waals surface area (Å²) in [6, 6.07) is 1.69. The third kappa shape index (κ3) is 4.54. The standard InChI is InChI=1S/C18H20N6O6/c1-4-30-14(25)6-10-5-13(28-2)12(19-7-10)9-24-15-11(8-20-24)21-17(22-16(15)26)23-18(27)29-3/h5,7-8H,4,6,9H2,1-3H3,(H2,21,22,23,26,27). The first-order valence-corrected chi connectivity index (χ1v) is 8.93. The van der Waals surface area contributed by atoms with Crippen molar-refractivity contribution in [3.05, 3.63) is 40.1 Å². The minimum atomic E-state index is -0.762. The summed E-state index contributed by atoms with van der Waals surface area (Å²) in [6.07, 6.45) is 2.25. The number of rotatable bonds is 7. The Morgan fingerprint density at radius 3 is 2.77 bits per heavy atom. The van der Waals surface area contributed by atoms with Gasteiger partial charge in [0.2, 0.25) is 5.95 Å². The van der Waals surface area contributed by atoms with Gasteiger partial charge in [0.1, 0.15) is 17.0 Å². The van der Waals surface area contributed by atoms with Crippen LogP contribution < -0.4 is 15.6 Å². The number of anilines is 1. The van der Waals surface area contributed by atoms with Crippen molar-refractivity contribution in [3.63, 3.8) is 0 Å². The van der Waals surface area contributed by atoms with Crippen molar-refractivity contribution in [2.24, 2.45) is 0 Å². The van der Waals surface area contributed by atoms with Gasteiger partial charge in [-0.2, -0.15) is 5.10 Å². The van der Waals surface area contributed by atoms with E-state index in [-0.39, 0.29) is 35.9 Å². The Bertz CT molecular complexity index is 1140. The number of carbonyl (C=O) groups is 2. The fraction of sp³-hybridized carbons (Fsp3) is 0.333. The first kappa shape index (κ1) is 20.8. The molecule has 0 bridgehead atoms. The summed E-state index contributed by atoms with van der Waals surface area (Å²) in [5.74, 6) is 0.0212. The summed E-state index contributed by atoms with van der Waals surface area (Å²) in [7, 11) is 2.68. The van der Waals surface area contributed by atoms with Crippen molar-refractivity contribution in [3.8, 4) is 5.75 Å². The van der Waals surface area contributed by atoms with E-state index in [1.165, 1.54) is 25.1 Å². The number of ether oxygens (including phenoxy) is 3. The molecule has 12 heteroatoms. The lowest BCUT2D eigenvalue weighted by Gasteiger charge is -2.10. The lowest BCUT2D eigenvalue weighted by Crippen LogP contribution is -2.20. The predicted molar refractivity (Wildman–Crippen MR) is 104 cm³/mol. The van der Waals surface area contributed by atoms with Gasteiger partial charge in [0.25, 0.3) is 5.56 Å². The minimum Gasteiger partial charge on any atom is -0.495 e. The van der Waals surface area contributed by atoms with Gasteiger partial charge in [-0.1, -0.05) is 0 Å². The van der Waals surface area contributed by atoms with E-state index in [1.807, 2.05) is 0 Å². The van der Waals surface area contributed by atoms with Crippen LogP contribution in [0.3, 0.4) is 0 Å². The van der Waals surface area contributed by atoms with Gasteiger partial charge in [-0.3, -0.25) is 29.6 Å². The molecule has 0 atom stereocenters. The predicted octanol–water partition coefficient (Wildman–Crippen LogP) is 0.855. The van der Waals surface area contributed by atoms with E-state index in [0.29, 0.717) is 23.6 Å². The summed E-state index contributed by atoms with van der Waals surface area (Å²) in [6.45, 7) is 2.16. The molecule has 0 unspecified atom stereocenters. The van der Waals surface area contributed by atoms with Gasteiger partial charge in [-0.15, -0.1) is 0 Å². The Balaban J connectivity index is 1.88. The van der Waals surface area contributed by atoms with E-state index < -0.39 is 11.7 Å². The molecule has 0 fully saturated rings. The third-order valence-corrected chi connectivity index (χ3v) is 4.07. The molecule has 2 N–H and O–H groups in total. The molecule has 0 radical (unpaired) electrons. The molecular weight excluding hydrogens is 396 g/mol. The average Bonchev–Trinajstić information content (AvgIpc) is 3.12. The smallest absolute Gasteiger partial charge is 0.413 e. The highest BCUT2D eigenvalue weighted by atomic mass is 16.5. The van der Waals surface area contributed by atoms with Crippen LogP contribution in [0.15, 0.2) is 23.3 Å². The molecule has 1 amide bonds. The van der Waals surface area contributed by atoms with E-state index in [0.717, 1.165) is 0 Å². The monoisotopic (exact) mass is 416 g/mol. The van der Waals surface area contributed by atoms with Crippen LogP contribution in [0.5, 0.6) is 5.75 Å². The molecular formula is C18H20N6O6. The molecule has 0 spiro atoms. The number of aromatic nitrogens is 5. The van der Waals surface area contributed by atoms with Crippen LogP contribution in [0.2, 0.25) is 0 Å². The molecule has 0 aliphatic heterocycles. The summed E-state index contributed by atoms with van der Waals surface area (Å²) < 4.78 is 16.2. The molecule has 12 nitrogen and oxygen atoms in total. The summed E-state index contributed by atoms with van der Waals surface area (Å²) in [5, 5.41) is 6.48.